The Morgan fingerprint density at radius 1 is 1.24 bits per heavy atom. The van der Waals surface area contributed by atoms with Gasteiger partial charge in [0.2, 0.25) is 5.95 Å². The van der Waals surface area contributed by atoms with Crippen LogP contribution in [0.1, 0.15) is 11.3 Å². The molecule has 0 unspecified atom stereocenters. The molecule has 0 atom stereocenters. The van der Waals surface area contributed by atoms with Gasteiger partial charge in [0.15, 0.2) is 5.69 Å². The number of nitrogens with zero attached hydrogens (tertiary/aromatic N) is 2. The Hall–Kier alpha value is -2.35. The van der Waals surface area contributed by atoms with Crippen LogP contribution in [-0.4, -0.2) is 17.1 Å². The van der Waals surface area contributed by atoms with E-state index in [1.165, 1.54) is 0 Å². The molecule has 0 amide bonds. The van der Waals surface area contributed by atoms with E-state index in [0.29, 0.717) is 12.3 Å². The van der Waals surface area contributed by atoms with Gasteiger partial charge >= 0.3 is 6.18 Å². The summed E-state index contributed by atoms with van der Waals surface area (Å²) in [6, 6.07) is 7.84. The predicted octanol–water partition coefficient (Wildman–Crippen LogP) is 2.97. The van der Waals surface area contributed by atoms with Crippen LogP contribution >= 0.6 is 0 Å². The van der Waals surface area contributed by atoms with Crippen LogP contribution in [0.2, 0.25) is 0 Å². The fraction of sp³-hybridized carbons (Fsp3) is 0.231. The number of halogens is 3. The summed E-state index contributed by atoms with van der Waals surface area (Å²) in [4.78, 5) is 6.92. The van der Waals surface area contributed by atoms with Crippen molar-refractivity contribution in [1.82, 2.24) is 9.97 Å². The number of ether oxygens (including phenoxy) is 1. The molecule has 0 fully saturated rings. The molecule has 0 aliphatic heterocycles. The van der Waals surface area contributed by atoms with Crippen LogP contribution in [0.3, 0.4) is 0 Å². The molecule has 5 nitrogen and oxygen atoms in total. The van der Waals surface area contributed by atoms with Gasteiger partial charge in [0, 0.05) is 18.9 Å². The third-order valence-electron chi connectivity index (χ3n) is 2.54. The molecule has 0 spiro atoms. The molecule has 0 bridgehead atoms. The van der Waals surface area contributed by atoms with Crippen LogP contribution in [0.5, 0.6) is 0 Å². The van der Waals surface area contributed by atoms with Crippen molar-refractivity contribution >= 4 is 17.5 Å². The standard InChI is InChI=1S/C13H13F3N4O/c1-21-7-8-3-2-4-9(5-8)18-11-6-10(13(14,15)16)19-12(17)20-11/h2-6H,7H2,1H3,(H3,17,18,19,20). The molecule has 8 heteroatoms. The number of nitrogen functional groups attached to an aromatic ring is 1. The van der Waals surface area contributed by atoms with E-state index in [4.69, 9.17) is 10.5 Å². The number of anilines is 3. The van der Waals surface area contributed by atoms with Gasteiger partial charge in [-0.2, -0.15) is 18.2 Å². The number of hydrogen-bond acceptors (Lipinski definition) is 5. The third kappa shape index (κ3) is 4.06. The second kappa shape index (κ2) is 5.96. The fourth-order valence-electron chi connectivity index (χ4n) is 1.73. The van der Waals surface area contributed by atoms with E-state index >= 15 is 0 Å². The van der Waals surface area contributed by atoms with Crippen LogP contribution in [-0.2, 0) is 17.5 Å². The Kier molecular flexibility index (Phi) is 4.27. The zero-order valence-corrected chi connectivity index (χ0v) is 11.1. The molecule has 2 rings (SSSR count). The van der Waals surface area contributed by atoms with Gasteiger partial charge < -0.3 is 15.8 Å². The molecule has 3 N–H and O–H groups in total. The molecule has 1 aromatic carbocycles. The van der Waals surface area contributed by atoms with E-state index in [1.54, 1.807) is 25.3 Å². The molecule has 0 saturated carbocycles. The van der Waals surface area contributed by atoms with E-state index in [2.05, 4.69) is 15.3 Å². The Bertz CT molecular complexity index is 631. The second-order valence-electron chi connectivity index (χ2n) is 4.25. The van der Waals surface area contributed by atoms with Gasteiger partial charge in [0.25, 0.3) is 0 Å². The van der Waals surface area contributed by atoms with E-state index in [-0.39, 0.29) is 5.82 Å². The van der Waals surface area contributed by atoms with Gasteiger partial charge in [-0.3, -0.25) is 0 Å². The van der Waals surface area contributed by atoms with Crippen molar-refractivity contribution in [2.45, 2.75) is 12.8 Å². The van der Waals surface area contributed by atoms with Gasteiger partial charge in [0.05, 0.1) is 6.61 Å². The van der Waals surface area contributed by atoms with E-state index in [0.717, 1.165) is 11.6 Å². The average molecular weight is 298 g/mol. The summed E-state index contributed by atoms with van der Waals surface area (Å²) >= 11 is 0. The highest BCUT2D eigenvalue weighted by Gasteiger charge is 2.33. The molecule has 0 aliphatic carbocycles. The van der Waals surface area contributed by atoms with Crippen molar-refractivity contribution in [3.63, 3.8) is 0 Å². The lowest BCUT2D eigenvalue weighted by Crippen LogP contribution is -2.12. The smallest absolute Gasteiger partial charge is 0.380 e. The summed E-state index contributed by atoms with van der Waals surface area (Å²) < 4.78 is 43.0. The lowest BCUT2D eigenvalue weighted by atomic mass is 10.2. The van der Waals surface area contributed by atoms with Crippen molar-refractivity contribution in [2.24, 2.45) is 0 Å². The summed E-state index contributed by atoms with van der Waals surface area (Å²) in [7, 11) is 1.56. The maximum Gasteiger partial charge on any atom is 0.433 e. The van der Waals surface area contributed by atoms with Crippen LogP contribution in [0.25, 0.3) is 0 Å². The normalized spacial score (nSPS) is 11.4. The first-order valence-electron chi connectivity index (χ1n) is 5.95. The van der Waals surface area contributed by atoms with Crippen molar-refractivity contribution < 1.29 is 17.9 Å². The minimum Gasteiger partial charge on any atom is -0.380 e. The zero-order valence-electron chi connectivity index (χ0n) is 11.1. The maximum atomic E-state index is 12.7. The highest BCUT2D eigenvalue weighted by Crippen LogP contribution is 2.30. The molecule has 2 aromatic rings. The molecule has 1 heterocycles. The van der Waals surface area contributed by atoms with Gasteiger partial charge in [-0.25, -0.2) is 4.98 Å². The Labute approximate surface area is 119 Å². The summed E-state index contributed by atoms with van der Waals surface area (Å²) in [5.74, 6) is -0.468. The van der Waals surface area contributed by atoms with Crippen LogP contribution < -0.4 is 11.1 Å². The van der Waals surface area contributed by atoms with Gasteiger partial charge in [-0.05, 0) is 17.7 Å². The topological polar surface area (TPSA) is 73.1 Å². The number of hydrogen-bond donors (Lipinski definition) is 2. The minimum atomic E-state index is -4.58. The molecule has 1 aromatic heterocycles. The number of rotatable bonds is 4. The number of alkyl halides is 3. The first-order chi connectivity index (χ1) is 9.88. The molecule has 0 radical (unpaired) electrons. The SMILES string of the molecule is COCc1cccc(Nc2cc(C(F)(F)F)nc(N)n2)c1. The quantitative estimate of drug-likeness (QED) is 0.908. The van der Waals surface area contributed by atoms with Crippen molar-refractivity contribution in [2.75, 3.05) is 18.2 Å². The molecule has 21 heavy (non-hydrogen) atoms. The summed E-state index contributed by atoms with van der Waals surface area (Å²) in [5, 5.41) is 2.77. The first kappa shape index (κ1) is 15.0. The maximum absolute atomic E-state index is 12.7. The number of aromatic nitrogens is 2. The Morgan fingerprint density at radius 3 is 2.67 bits per heavy atom. The number of methoxy groups -OCH3 is 1. The van der Waals surface area contributed by atoms with E-state index in [9.17, 15) is 13.2 Å². The summed E-state index contributed by atoms with van der Waals surface area (Å²) in [6.45, 7) is 0.398. The van der Waals surface area contributed by atoms with Gasteiger partial charge in [-0.15, -0.1) is 0 Å². The van der Waals surface area contributed by atoms with Crippen molar-refractivity contribution in [3.8, 4) is 0 Å². The van der Waals surface area contributed by atoms with E-state index in [1.807, 2.05) is 6.07 Å². The monoisotopic (exact) mass is 298 g/mol. The Balaban J connectivity index is 2.27. The predicted molar refractivity (Wildman–Crippen MR) is 71.9 cm³/mol. The van der Waals surface area contributed by atoms with Crippen molar-refractivity contribution in [3.05, 3.63) is 41.6 Å². The lowest BCUT2D eigenvalue weighted by molar-refractivity contribution is -0.141. The molecular weight excluding hydrogens is 285 g/mol. The summed E-state index contributed by atoms with van der Waals surface area (Å²) in [6.07, 6.45) is -4.58. The van der Waals surface area contributed by atoms with Crippen LogP contribution in [0.15, 0.2) is 30.3 Å². The molecule has 112 valence electrons. The first-order valence-corrected chi connectivity index (χ1v) is 5.95. The number of nitrogens with two attached hydrogens (primary N) is 1. The van der Waals surface area contributed by atoms with Crippen LogP contribution in [0, 0.1) is 0 Å². The van der Waals surface area contributed by atoms with Crippen molar-refractivity contribution in [1.29, 1.82) is 0 Å². The average Bonchev–Trinajstić information content (AvgIpc) is 2.38. The van der Waals surface area contributed by atoms with Gasteiger partial charge in [0.1, 0.15) is 5.82 Å². The highest BCUT2D eigenvalue weighted by atomic mass is 19.4. The number of benzene rings is 1. The molecule has 0 saturated heterocycles. The third-order valence-corrected chi connectivity index (χ3v) is 2.54. The molecule has 0 aliphatic rings. The summed E-state index contributed by atoms with van der Waals surface area (Å²) in [5.41, 5.74) is 5.67. The number of nitrogens with one attached hydrogen (secondary N) is 1. The minimum absolute atomic E-state index is 0.0237. The largest absolute Gasteiger partial charge is 0.433 e. The second-order valence-corrected chi connectivity index (χ2v) is 4.25. The highest BCUT2D eigenvalue weighted by molar-refractivity contribution is 5.58. The zero-order chi connectivity index (χ0) is 15.5. The Morgan fingerprint density at radius 2 is 2.00 bits per heavy atom. The fourth-order valence-corrected chi connectivity index (χ4v) is 1.73. The molecular formula is C13H13F3N4O. The lowest BCUT2D eigenvalue weighted by Gasteiger charge is -2.11. The van der Waals surface area contributed by atoms with Crippen LogP contribution in [0.4, 0.5) is 30.6 Å². The van der Waals surface area contributed by atoms with E-state index < -0.39 is 17.8 Å². The van der Waals surface area contributed by atoms with Gasteiger partial charge in [-0.1, -0.05) is 12.1 Å².